The summed E-state index contributed by atoms with van der Waals surface area (Å²) in [6.45, 7) is 3.21. The lowest BCUT2D eigenvalue weighted by atomic mass is 10.0. The molecule has 0 N–H and O–H groups in total. The Kier molecular flexibility index (Phi) is 5.36. The molecule has 0 bridgehead atoms. The van der Waals surface area contributed by atoms with Crippen LogP contribution < -0.4 is 9.47 Å². The standard InChI is InChI=1S/C23H25N3O3/c1-25-10-12-26(13-11-25)23(27)18-15-21(24-20-7-5-4-6-17(18)20)19-14-16(28-2)8-9-22(19)29-3/h4-9,14-15H,10-13H2,1-3H3. The SMILES string of the molecule is COc1ccc(OC)c(-c2cc(C(=O)N3CCN(C)CC3)c3ccccc3n2)c1. The Labute approximate surface area is 170 Å². The number of ether oxygens (including phenoxy) is 2. The molecule has 1 saturated heterocycles. The van der Waals surface area contributed by atoms with Gasteiger partial charge in [-0.15, -0.1) is 0 Å². The van der Waals surface area contributed by atoms with Crippen molar-refractivity contribution < 1.29 is 14.3 Å². The zero-order valence-corrected chi connectivity index (χ0v) is 17.0. The number of methoxy groups -OCH3 is 2. The van der Waals surface area contributed by atoms with Gasteiger partial charge >= 0.3 is 0 Å². The van der Waals surface area contributed by atoms with Crippen LogP contribution in [0.15, 0.2) is 48.5 Å². The summed E-state index contributed by atoms with van der Waals surface area (Å²) in [6, 6.07) is 15.2. The summed E-state index contributed by atoms with van der Waals surface area (Å²) < 4.78 is 10.9. The molecule has 4 rings (SSSR count). The molecule has 0 unspecified atom stereocenters. The van der Waals surface area contributed by atoms with Gasteiger partial charge in [0.15, 0.2) is 0 Å². The molecule has 1 fully saturated rings. The van der Waals surface area contributed by atoms with Crippen molar-refractivity contribution in [2.45, 2.75) is 0 Å². The lowest BCUT2D eigenvalue weighted by molar-refractivity contribution is 0.0666. The molecule has 6 heteroatoms. The fraction of sp³-hybridized carbons (Fsp3) is 0.304. The van der Waals surface area contributed by atoms with E-state index in [-0.39, 0.29) is 5.91 Å². The van der Waals surface area contributed by atoms with Crippen LogP contribution in [-0.4, -0.2) is 68.1 Å². The molecule has 3 aromatic rings. The number of hydrogen-bond donors (Lipinski definition) is 0. The average Bonchev–Trinajstić information content (AvgIpc) is 2.78. The van der Waals surface area contributed by atoms with Crippen molar-refractivity contribution in [3.8, 4) is 22.8 Å². The van der Waals surface area contributed by atoms with Crippen LogP contribution in [0.1, 0.15) is 10.4 Å². The van der Waals surface area contributed by atoms with Crippen molar-refractivity contribution in [3.63, 3.8) is 0 Å². The maximum absolute atomic E-state index is 13.4. The molecule has 1 aliphatic rings. The third kappa shape index (κ3) is 3.76. The summed E-state index contributed by atoms with van der Waals surface area (Å²) in [7, 11) is 5.33. The van der Waals surface area contributed by atoms with Crippen LogP contribution in [-0.2, 0) is 0 Å². The van der Waals surface area contributed by atoms with Gasteiger partial charge in [-0.3, -0.25) is 4.79 Å². The first-order valence-corrected chi connectivity index (χ1v) is 9.70. The molecule has 0 radical (unpaired) electrons. The number of amides is 1. The van der Waals surface area contributed by atoms with Gasteiger partial charge in [0, 0.05) is 37.1 Å². The van der Waals surface area contributed by atoms with E-state index in [1.807, 2.05) is 53.4 Å². The Morgan fingerprint density at radius 3 is 2.45 bits per heavy atom. The molecular weight excluding hydrogens is 366 g/mol. The van der Waals surface area contributed by atoms with Crippen LogP contribution in [0.4, 0.5) is 0 Å². The van der Waals surface area contributed by atoms with Gasteiger partial charge in [0.25, 0.3) is 5.91 Å². The van der Waals surface area contributed by atoms with Crippen LogP contribution in [0.25, 0.3) is 22.2 Å². The highest BCUT2D eigenvalue weighted by Crippen LogP contribution is 2.34. The number of aromatic nitrogens is 1. The van der Waals surface area contributed by atoms with Gasteiger partial charge in [0.2, 0.25) is 0 Å². The number of nitrogens with zero attached hydrogens (tertiary/aromatic N) is 3. The van der Waals surface area contributed by atoms with E-state index < -0.39 is 0 Å². The zero-order valence-electron chi connectivity index (χ0n) is 17.0. The van der Waals surface area contributed by atoms with E-state index in [0.717, 1.165) is 42.6 Å². The van der Waals surface area contributed by atoms with E-state index in [1.54, 1.807) is 14.2 Å². The van der Waals surface area contributed by atoms with Crippen molar-refractivity contribution in [2.24, 2.45) is 0 Å². The monoisotopic (exact) mass is 391 g/mol. The molecule has 2 aromatic carbocycles. The molecule has 0 aliphatic carbocycles. The van der Waals surface area contributed by atoms with E-state index >= 15 is 0 Å². The first-order valence-electron chi connectivity index (χ1n) is 9.70. The van der Waals surface area contributed by atoms with Crippen LogP contribution in [0.2, 0.25) is 0 Å². The van der Waals surface area contributed by atoms with Gasteiger partial charge in [-0.25, -0.2) is 4.98 Å². The summed E-state index contributed by atoms with van der Waals surface area (Å²) in [5.41, 5.74) is 2.94. The van der Waals surface area contributed by atoms with Crippen molar-refractivity contribution in [1.82, 2.24) is 14.8 Å². The number of carbonyl (C=O) groups excluding carboxylic acids is 1. The lowest BCUT2D eigenvalue weighted by Gasteiger charge is -2.32. The van der Waals surface area contributed by atoms with E-state index in [9.17, 15) is 4.79 Å². The second kappa shape index (κ2) is 8.09. The minimum Gasteiger partial charge on any atom is -0.497 e. The predicted octanol–water partition coefficient (Wildman–Crippen LogP) is 3.31. The number of carbonyl (C=O) groups is 1. The second-order valence-corrected chi connectivity index (χ2v) is 7.23. The minimum atomic E-state index is 0.0415. The number of hydrogen-bond acceptors (Lipinski definition) is 5. The quantitative estimate of drug-likeness (QED) is 0.683. The van der Waals surface area contributed by atoms with Gasteiger partial charge in [-0.05, 0) is 37.4 Å². The maximum Gasteiger partial charge on any atom is 0.254 e. The zero-order chi connectivity index (χ0) is 20.4. The van der Waals surface area contributed by atoms with Crippen molar-refractivity contribution in [3.05, 3.63) is 54.1 Å². The highest BCUT2D eigenvalue weighted by atomic mass is 16.5. The molecule has 2 heterocycles. The van der Waals surface area contributed by atoms with Crippen LogP contribution in [0.3, 0.4) is 0 Å². The third-order valence-electron chi connectivity index (χ3n) is 5.42. The van der Waals surface area contributed by atoms with Gasteiger partial charge in [0.05, 0.1) is 31.0 Å². The van der Waals surface area contributed by atoms with Gasteiger partial charge in [-0.1, -0.05) is 18.2 Å². The average molecular weight is 391 g/mol. The van der Waals surface area contributed by atoms with E-state index in [2.05, 4.69) is 11.9 Å². The number of para-hydroxylation sites is 1. The largest absolute Gasteiger partial charge is 0.497 e. The van der Waals surface area contributed by atoms with Crippen LogP contribution in [0, 0.1) is 0 Å². The van der Waals surface area contributed by atoms with E-state index in [0.29, 0.717) is 22.8 Å². The Hall–Kier alpha value is -3.12. The van der Waals surface area contributed by atoms with Crippen LogP contribution >= 0.6 is 0 Å². The first-order chi connectivity index (χ1) is 14.1. The molecule has 6 nitrogen and oxygen atoms in total. The molecule has 29 heavy (non-hydrogen) atoms. The molecule has 1 amide bonds. The maximum atomic E-state index is 13.4. The molecule has 150 valence electrons. The van der Waals surface area contributed by atoms with E-state index in [4.69, 9.17) is 14.5 Å². The number of likely N-dealkylation sites (N-methyl/N-ethyl adjacent to an activating group) is 1. The third-order valence-corrected chi connectivity index (χ3v) is 5.42. The van der Waals surface area contributed by atoms with Gasteiger partial charge < -0.3 is 19.3 Å². The predicted molar refractivity (Wildman–Crippen MR) is 114 cm³/mol. The minimum absolute atomic E-state index is 0.0415. The van der Waals surface area contributed by atoms with Crippen LogP contribution in [0.5, 0.6) is 11.5 Å². The summed E-state index contributed by atoms with van der Waals surface area (Å²) >= 11 is 0. The molecule has 1 aromatic heterocycles. The Morgan fingerprint density at radius 2 is 1.72 bits per heavy atom. The molecule has 1 aliphatic heterocycles. The van der Waals surface area contributed by atoms with Crippen molar-refractivity contribution >= 4 is 16.8 Å². The van der Waals surface area contributed by atoms with E-state index in [1.165, 1.54) is 0 Å². The number of rotatable bonds is 4. The first kappa shape index (κ1) is 19.2. The second-order valence-electron chi connectivity index (χ2n) is 7.23. The van der Waals surface area contributed by atoms with Crippen molar-refractivity contribution in [2.75, 3.05) is 47.4 Å². The highest BCUT2D eigenvalue weighted by Gasteiger charge is 2.23. The number of fused-ring (bicyclic) bond motifs is 1. The number of benzene rings is 2. The Balaban J connectivity index is 1.85. The van der Waals surface area contributed by atoms with Gasteiger partial charge in [0.1, 0.15) is 11.5 Å². The molecular formula is C23H25N3O3. The lowest BCUT2D eigenvalue weighted by Crippen LogP contribution is -2.47. The smallest absolute Gasteiger partial charge is 0.254 e. The Bertz CT molecular complexity index is 1040. The topological polar surface area (TPSA) is 54.9 Å². The highest BCUT2D eigenvalue weighted by molar-refractivity contribution is 6.07. The molecule has 0 saturated carbocycles. The number of piperazine rings is 1. The molecule has 0 spiro atoms. The fourth-order valence-corrected chi connectivity index (χ4v) is 3.68. The summed E-state index contributed by atoms with van der Waals surface area (Å²) in [4.78, 5) is 22.4. The van der Waals surface area contributed by atoms with Crippen molar-refractivity contribution in [1.29, 1.82) is 0 Å². The summed E-state index contributed by atoms with van der Waals surface area (Å²) in [5, 5.41) is 0.863. The summed E-state index contributed by atoms with van der Waals surface area (Å²) in [6.07, 6.45) is 0. The Morgan fingerprint density at radius 1 is 0.966 bits per heavy atom. The molecule has 0 atom stereocenters. The fourth-order valence-electron chi connectivity index (χ4n) is 3.68. The number of pyridine rings is 1. The van der Waals surface area contributed by atoms with Gasteiger partial charge in [-0.2, -0.15) is 0 Å². The summed E-state index contributed by atoms with van der Waals surface area (Å²) in [5.74, 6) is 1.44. The normalized spacial score (nSPS) is 14.8.